The van der Waals surface area contributed by atoms with E-state index in [4.69, 9.17) is 0 Å². The lowest BCUT2D eigenvalue weighted by Crippen LogP contribution is -2.55. The van der Waals surface area contributed by atoms with Crippen molar-refractivity contribution in [1.29, 1.82) is 0 Å². The minimum Gasteiger partial charge on any atom is -0.348 e. The molecule has 0 spiro atoms. The fourth-order valence-electron chi connectivity index (χ4n) is 5.18. The van der Waals surface area contributed by atoms with Crippen molar-refractivity contribution >= 4 is 23.4 Å². The molecule has 2 aliphatic heterocycles. The van der Waals surface area contributed by atoms with E-state index in [9.17, 15) is 14.4 Å². The Morgan fingerprint density at radius 2 is 2.00 bits per heavy atom. The molecule has 0 bridgehead atoms. The Labute approximate surface area is 208 Å². The van der Waals surface area contributed by atoms with Crippen molar-refractivity contribution in [3.8, 4) is 0 Å². The highest BCUT2D eigenvalue weighted by atomic mass is 16.2. The number of aromatic nitrogens is 4. The van der Waals surface area contributed by atoms with E-state index in [1.807, 2.05) is 50.2 Å². The molecule has 4 heterocycles. The molecule has 3 atom stereocenters. The van der Waals surface area contributed by atoms with E-state index in [-0.39, 0.29) is 30.2 Å². The summed E-state index contributed by atoms with van der Waals surface area (Å²) in [7, 11) is 0. The van der Waals surface area contributed by atoms with E-state index >= 15 is 0 Å². The van der Waals surface area contributed by atoms with Crippen LogP contribution in [0.2, 0.25) is 0 Å². The number of aryl methyl sites for hydroxylation is 1. The van der Waals surface area contributed by atoms with Crippen LogP contribution in [0.4, 0.5) is 5.69 Å². The van der Waals surface area contributed by atoms with Gasteiger partial charge < -0.3 is 10.6 Å². The van der Waals surface area contributed by atoms with Crippen LogP contribution in [0, 0.1) is 5.92 Å². The summed E-state index contributed by atoms with van der Waals surface area (Å²) in [6, 6.07) is 9.96. The number of pyridine rings is 1. The van der Waals surface area contributed by atoms with Crippen molar-refractivity contribution in [3.63, 3.8) is 0 Å². The number of para-hydroxylation sites is 1. The van der Waals surface area contributed by atoms with Crippen molar-refractivity contribution in [2.24, 2.45) is 5.92 Å². The Hall–Kier alpha value is -4.08. The number of nitrogens with zero attached hydrogens (tertiary/aromatic N) is 4. The Morgan fingerprint density at radius 1 is 1.17 bits per heavy atom. The molecule has 36 heavy (non-hydrogen) atoms. The van der Waals surface area contributed by atoms with E-state index in [2.05, 4.69) is 31.0 Å². The van der Waals surface area contributed by atoms with Crippen LogP contribution in [0.3, 0.4) is 0 Å². The lowest BCUT2D eigenvalue weighted by Gasteiger charge is -2.29. The molecule has 10 heteroatoms. The first-order chi connectivity index (χ1) is 17.4. The van der Waals surface area contributed by atoms with Gasteiger partial charge >= 0.3 is 0 Å². The highest BCUT2D eigenvalue weighted by Crippen LogP contribution is 2.39. The molecule has 2 aromatic heterocycles. The molecular formula is C26H29N7O3. The van der Waals surface area contributed by atoms with Crippen LogP contribution in [-0.4, -0.2) is 50.2 Å². The number of hydrogen-bond donors (Lipinski definition) is 3. The third-order valence-electron chi connectivity index (χ3n) is 6.89. The van der Waals surface area contributed by atoms with Crippen molar-refractivity contribution in [1.82, 2.24) is 31.0 Å². The topological polar surface area (TPSA) is 133 Å². The molecule has 10 nitrogen and oxygen atoms in total. The highest BCUT2D eigenvalue weighted by Gasteiger charge is 2.44. The van der Waals surface area contributed by atoms with Crippen LogP contribution >= 0.6 is 0 Å². The molecule has 0 fully saturated rings. The Kier molecular flexibility index (Phi) is 6.49. The minimum absolute atomic E-state index is 0.00794. The predicted molar refractivity (Wildman–Crippen MR) is 132 cm³/mol. The number of aromatic amines is 1. The fraction of sp³-hybridized carbons (Fsp3) is 0.385. The molecule has 2 aliphatic rings. The van der Waals surface area contributed by atoms with Gasteiger partial charge in [0.15, 0.2) is 0 Å². The van der Waals surface area contributed by atoms with Gasteiger partial charge in [-0.3, -0.25) is 24.3 Å². The molecule has 0 unspecified atom stereocenters. The second kappa shape index (κ2) is 9.88. The zero-order valence-corrected chi connectivity index (χ0v) is 20.3. The smallest absolute Gasteiger partial charge is 0.250 e. The third-order valence-corrected chi connectivity index (χ3v) is 6.89. The molecule has 3 amide bonds. The number of H-pyrrole nitrogens is 1. The Balaban J connectivity index is 1.39. The van der Waals surface area contributed by atoms with E-state index in [0.717, 1.165) is 16.8 Å². The van der Waals surface area contributed by atoms with Gasteiger partial charge in [-0.25, -0.2) is 0 Å². The van der Waals surface area contributed by atoms with Crippen molar-refractivity contribution in [2.75, 3.05) is 4.90 Å². The number of hydrogen-bond acceptors (Lipinski definition) is 6. The molecule has 5 rings (SSSR count). The summed E-state index contributed by atoms with van der Waals surface area (Å²) >= 11 is 0. The first-order valence-corrected chi connectivity index (χ1v) is 12.2. The Bertz CT molecular complexity index is 1260. The summed E-state index contributed by atoms with van der Waals surface area (Å²) in [5, 5.41) is 16.1. The quantitative estimate of drug-likeness (QED) is 0.464. The fourth-order valence-corrected chi connectivity index (χ4v) is 5.18. The zero-order valence-electron chi connectivity index (χ0n) is 20.3. The summed E-state index contributed by atoms with van der Waals surface area (Å²) in [5.41, 5.74) is 4.03. The van der Waals surface area contributed by atoms with Crippen LogP contribution in [0.5, 0.6) is 0 Å². The van der Waals surface area contributed by atoms with Gasteiger partial charge in [0.05, 0.1) is 30.0 Å². The molecule has 0 saturated carbocycles. The SMILES string of the molecule is CC(C)[C@@H](C(=O)N[C@H]1CCc2cccc3c2N(C1=O)[C@H](C(=O)NCc1cn[nH]n1)C3)c1ccccn1. The van der Waals surface area contributed by atoms with Gasteiger partial charge in [0, 0.05) is 12.6 Å². The van der Waals surface area contributed by atoms with Gasteiger partial charge in [-0.15, -0.1) is 0 Å². The second-order valence-corrected chi connectivity index (χ2v) is 9.61. The highest BCUT2D eigenvalue weighted by molar-refractivity contribution is 6.08. The van der Waals surface area contributed by atoms with E-state index in [1.54, 1.807) is 11.1 Å². The van der Waals surface area contributed by atoms with E-state index in [1.165, 1.54) is 6.20 Å². The third kappa shape index (κ3) is 4.46. The van der Waals surface area contributed by atoms with E-state index in [0.29, 0.717) is 30.7 Å². The number of anilines is 1. The molecule has 186 valence electrons. The van der Waals surface area contributed by atoms with Crippen LogP contribution in [0.1, 0.15) is 48.7 Å². The second-order valence-electron chi connectivity index (χ2n) is 9.61. The molecule has 3 aromatic rings. The normalized spacial score (nSPS) is 19.5. The molecule has 3 N–H and O–H groups in total. The first kappa shape index (κ1) is 23.7. The maximum atomic E-state index is 13.9. The van der Waals surface area contributed by atoms with Crippen LogP contribution < -0.4 is 15.5 Å². The lowest BCUT2D eigenvalue weighted by molar-refractivity contribution is -0.130. The molecule has 1 aromatic carbocycles. The maximum Gasteiger partial charge on any atom is 0.250 e. The van der Waals surface area contributed by atoms with Gasteiger partial charge in [-0.1, -0.05) is 38.1 Å². The molecule has 0 aliphatic carbocycles. The molecule has 0 radical (unpaired) electrons. The summed E-state index contributed by atoms with van der Waals surface area (Å²) in [6.07, 6.45) is 4.71. The average Bonchev–Trinajstić information content (AvgIpc) is 3.50. The predicted octanol–water partition coefficient (Wildman–Crippen LogP) is 1.64. The van der Waals surface area contributed by atoms with Crippen LogP contribution in [0.25, 0.3) is 0 Å². The van der Waals surface area contributed by atoms with Crippen molar-refractivity contribution in [2.45, 2.75) is 57.7 Å². The number of rotatable bonds is 7. The van der Waals surface area contributed by atoms with E-state index < -0.39 is 18.0 Å². The summed E-state index contributed by atoms with van der Waals surface area (Å²) in [5.74, 6) is -1.27. The summed E-state index contributed by atoms with van der Waals surface area (Å²) < 4.78 is 0. The monoisotopic (exact) mass is 487 g/mol. The maximum absolute atomic E-state index is 13.9. The van der Waals surface area contributed by atoms with Crippen LogP contribution in [-0.2, 0) is 33.8 Å². The summed E-state index contributed by atoms with van der Waals surface area (Å²) in [6.45, 7) is 4.13. The van der Waals surface area contributed by atoms with Gasteiger partial charge in [0.1, 0.15) is 17.8 Å². The standard InChI is InChI=1S/C26H29N7O3/c1-15(2)22(19-8-3-4-11-27-19)25(35)30-20-10-9-16-6-5-7-17-12-21(33(23(16)17)26(20)36)24(34)28-13-18-14-29-32-31-18/h3-8,11,14-15,20-22H,9-10,12-13H2,1-2H3,(H,28,34)(H,30,35)(H,29,31,32)/t20-,21-,22+/m0/s1. The zero-order chi connectivity index (χ0) is 25.2. The number of carbonyl (C=O) groups excluding carboxylic acids is 3. The summed E-state index contributed by atoms with van der Waals surface area (Å²) in [4.78, 5) is 46.5. The first-order valence-electron chi connectivity index (χ1n) is 12.2. The molecule has 0 saturated heterocycles. The minimum atomic E-state index is -0.744. The van der Waals surface area contributed by atoms with Crippen LogP contribution in [0.15, 0.2) is 48.8 Å². The van der Waals surface area contributed by atoms with Gasteiger partial charge in [-0.05, 0) is 42.0 Å². The Morgan fingerprint density at radius 3 is 2.72 bits per heavy atom. The van der Waals surface area contributed by atoms with Gasteiger partial charge in [0.2, 0.25) is 17.7 Å². The lowest BCUT2D eigenvalue weighted by atomic mass is 9.90. The molecular weight excluding hydrogens is 458 g/mol. The number of amides is 3. The van der Waals surface area contributed by atoms with Gasteiger partial charge in [-0.2, -0.15) is 15.4 Å². The largest absolute Gasteiger partial charge is 0.348 e. The number of nitrogens with one attached hydrogen (secondary N) is 3. The van der Waals surface area contributed by atoms with Crippen molar-refractivity contribution < 1.29 is 14.4 Å². The number of carbonyl (C=O) groups is 3. The average molecular weight is 488 g/mol. The van der Waals surface area contributed by atoms with Crippen molar-refractivity contribution in [3.05, 3.63) is 71.3 Å². The van der Waals surface area contributed by atoms with Gasteiger partial charge in [0.25, 0.3) is 0 Å². The number of benzene rings is 1.